The number of aromatic carboxylic acids is 1. The molecule has 45 heavy (non-hydrogen) atoms. The van der Waals surface area contributed by atoms with Gasteiger partial charge in [0.2, 0.25) is 0 Å². The minimum absolute atomic E-state index is 0. The first-order valence-corrected chi connectivity index (χ1v) is 14.4. The molecule has 5 N–H and O–H groups in total. The second kappa shape index (κ2) is 15.6. The Balaban J connectivity index is 0.00000353. The SMILES string of the molecule is O=C(O)C1=NN(c2ccc(S(=O)(=O)O)cc2)C(=O)C1=CC=CC=Cc1c(C(=O)O)[nH]n(-c2ccc(S(=O)(=O)O)cc2)c1=O.[K+].[K+]. The van der Waals surface area contributed by atoms with E-state index in [0.29, 0.717) is 0 Å². The van der Waals surface area contributed by atoms with Crippen molar-refractivity contribution in [3.05, 3.63) is 100 Å². The van der Waals surface area contributed by atoms with E-state index in [-0.39, 0.29) is 125 Å². The van der Waals surface area contributed by atoms with E-state index >= 15 is 0 Å². The minimum Gasteiger partial charge on any atom is -0.477 e. The van der Waals surface area contributed by atoms with Crippen LogP contribution in [0.3, 0.4) is 0 Å². The molecule has 4 rings (SSSR count). The molecule has 0 aliphatic carbocycles. The van der Waals surface area contributed by atoms with Crippen molar-refractivity contribution in [3.8, 4) is 5.69 Å². The zero-order valence-corrected chi connectivity index (χ0v) is 31.1. The van der Waals surface area contributed by atoms with Crippen molar-refractivity contribution in [2.24, 2.45) is 5.10 Å². The molecule has 0 radical (unpaired) electrons. The van der Waals surface area contributed by atoms with Crippen molar-refractivity contribution < 1.29 is 153 Å². The van der Waals surface area contributed by atoms with Gasteiger partial charge in [0.1, 0.15) is 0 Å². The molecule has 2 aromatic carbocycles. The van der Waals surface area contributed by atoms with Crippen molar-refractivity contribution in [3.63, 3.8) is 0 Å². The normalized spacial score (nSPS) is 14.4. The van der Waals surface area contributed by atoms with Crippen molar-refractivity contribution in [1.82, 2.24) is 9.78 Å². The van der Waals surface area contributed by atoms with Crippen LogP contribution in [0, 0.1) is 0 Å². The number of hydrazone groups is 1. The summed E-state index contributed by atoms with van der Waals surface area (Å²) >= 11 is 0. The van der Waals surface area contributed by atoms with Gasteiger partial charge in [-0.05, 0) is 60.7 Å². The summed E-state index contributed by atoms with van der Waals surface area (Å²) in [5.74, 6) is -3.89. The van der Waals surface area contributed by atoms with Gasteiger partial charge in [-0.15, -0.1) is 0 Å². The fraction of sp³-hybridized carbons (Fsp3) is 0. The van der Waals surface area contributed by atoms with E-state index < -0.39 is 64.8 Å². The van der Waals surface area contributed by atoms with Gasteiger partial charge in [-0.3, -0.25) is 23.8 Å². The molecule has 3 aromatic rings. The summed E-state index contributed by atoms with van der Waals surface area (Å²) in [5, 5.41) is 25.9. The maximum Gasteiger partial charge on any atom is 1.00 e. The van der Waals surface area contributed by atoms with Crippen LogP contribution in [-0.2, 0) is 29.8 Å². The molecule has 0 spiro atoms. The number of anilines is 1. The molecule has 1 amide bonds. The quantitative estimate of drug-likeness (QED) is 0.0609. The Bertz CT molecular complexity index is 2060. The maximum atomic E-state index is 12.9. The van der Waals surface area contributed by atoms with E-state index in [2.05, 4.69) is 10.2 Å². The number of carboxylic acids is 2. The van der Waals surface area contributed by atoms with E-state index in [1.807, 2.05) is 0 Å². The fourth-order valence-electron chi connectivity index (χ4n) is 3.74. The van der Waals surface area contributed by atoms with Gasteiger partial charge in [0.05, 0.1) is 32.3 Å². The monoisotopic (exact) mass is 708 g/mol. The zero-order valence-electron chi connectivity index (χ0n) is 23.2. The minimum atomic E-state index is -4.50. The second-order valence-electron chi connectivity index (χ2n) is 8.48. The number of benzene rings is 2. The molecule has 16 nitrogen and oxygen atoms in total. The summed E-state index contributed by atoms with van der Waals surface area (Å²) in [6.07, 6.45) is 5.98. The molecule has 2 heterocycles. The Morgan fingerprint density at radius 1 is 0.756 bits per heavy atom. The molecule has 1 aliphatic rings. The van der Waals surface area contributed by atoms with Crippen molar-refractivity contribution >= 4 is 55.6 Å². The molecule has 0 saturated carbocycles. The molecular formula is C25H18K2N4O12S2+2. The van der Waals surface area contributed by atoms with Crippen LogP contribution in [0.25, 0.3) is 11.8 Å². The van der Waals surface area contributed by atoms with Crippen molar-refractivity contribution in [2.75, 3.05) is 5.01 Å². The molecule has 222 valence electrons. The van der Waals surface area contributed by atoms with E-state index in [1.54, 1.807) is 0 Å². The molecule has 0 unspecified atom stereocenters. The number of rotatable bonds is 9. The molecule has 1 aliphatic heterocycles. The van der Waals surface area contributed by atoms with Gasteiger partial charge >= 0.3 is 115 Å². The third kappa shape index (κ3) is 9.01. The average Bonchev–Trinajstić information content (AvgIpc) is 3.44. The second-order valence-corrected chi connectivity index (χ2v) is 11.3. The predicted molar refractivity (Wildman–Crippen MR) is 148 cm³/mol. The Kier molecular flexibility index (Phi) is 13.5. The Labute approximate surface area is 339 Å². The topological polar surface area (TPSA) is 254 Å². The van der Waals surface area contributed by atoms with Crippen LogP contribution in [0.1, 0.15) is 16.1 Å². The summed E-state index contributed by atoms with van der Waals surface area (Å²) in [6.45, 7) is 0. The number of allylic oxidation sites excluding steroid dienone is 4. The van der Waals surface area contributed by atoms with Gasteiger partial charge in [0.25, 0.3) is 31.7 Å². The number of aromatic amines is 1. The maximum absolute atomic E-state index is 12.9. The number of aliphatic carboxylic acids is 1. The van der Waals surface area contributed by atoms with Crippen LogP contribution in [-0.4, -0.2) is 69.5 Å². The summed E-state index contributed by atoms with van der Waals surface area (Å²) < 4.78 is 64.0. The number of carbonyl (C=O) groups excluding carboxylic acids is 1. The summed E-state index contributed by atoms with van der Waals surface area (Å²) in [7, 11) is -9.00. The Morgan fingerprint density at radius 2 is 1.27 bits per heavy atom. The van der Waals surface area contributed by atoms with E-state index in [4.69, 9.17) is 9.11 Å². The van der Waals surface area contributed by atoms with Crippen LogP contribution in [0.5, 0.6) is 0 Å². The van der Waals surface area contributed by atoms with Crippen LogP contribution < -0.4 is 113 Å². The number of hydrogen-bond acceptors (Lipinski definition) is 9. The number of amides is 1. The molecule has 20 heteroatoms. The number of carboxylic acid groups (broad SMARTS) is 2. The number of nitrogens with zero attached hydrogens (tertiary/aromatic N) is 3. The molecule has 0 saturated heterocycles. The summed E-state index contributed by atoms with van der Waals surface area (Å²) in [5.41, 5.74) is -2.51. The third-order valence-corrected chi connectivity index (χ3v) is 7.48. The van der Waals surface area contributed by atoms with Gasteiger partial charge in [-0.25, -0.2) is 14.3 Å². The number of H-pyrrole nitrogens is 1. The van der Waals surface area contributed by atoms with Gasteiger partial charge in [0.15, 0.2) is 11.4 Å². The van der Waals surface area contributed by atoms with E-state index in [9.17, 15) is 46.2 Å². The molecule has 1 aromatic heterocycles. The van der Waals surface area contributed by atoms with E-state index in [1.165, 1.54) is 30.4 Å². The Morgan fingerprint density at radius 3 is 1.73 bits per heavy atom. The molecule has 0 fully saturated rings. The first kappa shape index (κ1) is 39.0. The zero-order chi connectivity index (χ0) is 31.7. The van der Waals surface area contributed by atoms with Gasteiger partial charge < -0.3 is 10.2 Å². The number of carbonyl (C=O) groups is 3. The molecule has 0 atom stereocenters. The number of hydrogen-bond donors (Lipinski definition) is 5. The Hall–Kier alpha value is -2.16. The predicted octanol–water partition coefficient (Wildman–Crippen LogP) is -4.65. The average molecular weight is 709 g/mol. The first-order chi connectivity index (χ1) is 20.1. The summed E-state index contributed by atoms with van der Waals surface area (Å²) in [6, 6.07) is 8.62. The number of aromatic nitrogens is 2. The van der Waals surface area contributed by atoms with E-state index in [0.717, 1.165) is 58.2 Å². The third-order valence-electron chi connectivity index (χ3n) is 5.74. The largest absolute Gasteiger partial charge is 1.00 e. The van der Waals surface area contributed by atoms with Crippen LogP contribution >= 0.6 is 0 Å². The number of nitrogens with one attached hydrogen (secondary N) is 1. The van der Waals surface area contributed by atoms with Crippen molar-refractivity contribution in [1.29, 1.82) is 0 Å². The van der Waals surface area contributed by atoms with Gasteiger partial charge in [0, 0.05) is 0 Å². The van der Waals surface area contributed by atoms with Gasteiger partial charge in [-0.1, -0.05) is 18.2 Å². The summed E-state index contributed by atoms with van der Waals surface area (Å²) in [4.78, 5) is 48.3. The first-order valence-electron chi connectivity index (χ1n) is 11.5. The fourth-order valence-corrected chi connectivity index (χ4v) is 4.70. The van der Waals surface area contributed by atoms with Crippen molar-refractivity contribution in [2.45, 2.75) is 9.79 Å². The molecule has 0 bridgehead atoms. The van der Waals surface area contributed by atoms with Crippen LogP contribution in [0.2, 0.25) is 0 Å². The molecular weight excluding hydrogens is 691 g/mol. The van der Waals surface area contributed by atoms with Gasteiger partial charge in [-0.2, -0.15) is 26.9 Å². The smallest absolute Gasteiger partial charge is 0.477 e. The van der Waals surface area contributed by atoms with Crippen LogP contribution in [0.15, 0.2) is 98.1 Å². The van der Waals surface area contributed by atoms with Crippen LogP contribution in [0.4, 0.5) is 5.69 Å². The standard InChI is InChI=1S/C25H18N4O12S2.2K/c30-22-18(20(24(32)33)26-28(22)14-6-10-16(11-7-14)42(36,37)38)4-2-1-3-5-19-21(25(34)35)27-29(23(19)31)15-8-12-17(13-9-15)43(39,40)41;;/h1-13,26H,(H,32,33)(H,34,35)(H,36,37,38)(H,39,40,41);;/q;2*+1.